The molecule has 2 aromatic rings. The van der Waals surface area contributed by atoms with Crippen LogP contribution in [0.15, 0.2) is 54.6 Å². The van der Waals surface area contributed by atoms with Crippen molar-refractivity contribution in [1.29, 1.82) is 0 Å². The second kappa shape index (κ2) is 5.76. The largest absolute Gasteiger partial charge is 0.480 e. The van der Waals surface area contributed by atoms with Crippen LogP contribution in [0.3, 0.4) is 0 Å². The molecule has 0 fully saturated rings. The lowest BCUT2D eigenvalue weighted by Gasteiger charge is -2.23. The Morgan fingerprint density at radius 3 is 2.32 bits per heavy atom. The summed E-state index contributed by atoms with van der Waals surface area (Å²) in [6.07, 6.45) is 0. The summed E-state index contributed by atoms with van der Waals surface area (Å²) in [6.45, 7) is 1.55. The monoisotopic (exact) mass is 275 g/mol. The smallest absolute Gasteiger partial charge is 0.327 e. The maximum absolute atomic E-state index is 11.0. The summed E-state index contributed by atoms with van der Waals surface area (Å²) < 4.78 is 1.25. The van der Waals surface area contributed by atoms with Crippen molar-refractivity contribution in [2.24, 2.45) is 0 Å². The Bertz CT molecular complexity index is 571. The lowest BCUT2D eigenvalue weighted by Crippen LogP contribution is -2.32. The zero-order valence-electron chi connectivity index (χ0n) is 10.5. The fourth-order valence-electron chi connectivity index (χ4n) is 1.83. The molecular weight excluding hydrogens is 262 g/mol. The Labute approximate surface area is 117 Å². The second-order valence-corrected chi connectivity index (χ2v) is 4.57. The molecule has 0 aliphatic heterocycles. The van der Waals surface area contributed by atoms with Crippen LogP contribution in [0.4, 0.5) is 5.69 Å². The minimum absolute atomic E-state index is 0.685. The fraction of sp³-hybridized carbons (Fsp3) is 0.133. The summed E-state index contributed by atoms with van der Waals surface area (Å²) in [5.74, 6) is -0.960. The number of aliphatic carboxylic acids is 1. The van der Waals surface area contributed by atoms with Crippen LogP contribution in [0.1, 0.15) is 6.92 Å². The third-order valence-electron chi connectivity index (χ3n) is 2.92. The summed E-state index contributed by atoms with van der Waals surface area (Å²) in [6, 6.07) is 16.4. The summed E-state index contributed by atoms with van der Waals surface area (Å²) in [4.78, 5) is 11.0. The molecule has 0 spiro atoms. The molecule has 19 heavy (non-hydrogen) atoms. The van der Waals surface area contributed by atoms with Crippen molar-refractivity contribution < 1.29 is 9.90 Å². The van der Waals surface area contributed by atoms with Crippen molar-refractivity contribution in [3.05, 3.63) is 54.6 Å². The van der Waals surface area contributed by atoms with Crippen molar-refractivity contribution in [3.63, 3.8) is 0 Å². The summed E-state index contributed by atoms with van der Waals surface area (Å²) in [5.41, 5.74) is 2.60. The predicted molar refractivity (Wildman–Crippen MR) is 77.3 cm³/mol. The SMILES string of the molecule is C[C@@H](C(=O)O)N(Cl)c1ccccc1-c1ccccc1. The minimum Gasteiger partial charge on any atom is -0.480 e. The quantitative estimate of drug-likeness (QED) is 0.863. The summed E-state index contributed by atoms with van der Waals surface area (Å²) in [7, 11) is 0. The van der Waals surface area contributed by atoms with E-state index in [0.29, 0.717) is 5.69 Å². The lowest BCUT2D eigenvalue weighted by atomic mass is 10.0. The zero-order valence-corrected chi connectivity index (χ0v) is 11.2. The molecule has 98 valence electrons. The van der Waals surface area contributed by atoms with E-state index in [4.69, 9.17) is 16.9 Å². The van der Waals surface area contributed by atoms with Crippen LogP contribution < -0.4 is 4.42 Å². The van der Waals surface area contributed by atoms with Gasteiger partial charge in [0.25, 0.3) is 0 Å². The third kappa shape index (κ3) is 2.88. The summed E-state index contributed by atoms with van der Waals surface area (Å²) >= 11 is 6.16. The van der Waals surface area contributed by atoms with Gasteiger partial charge in [-0.15, -0.1) is 0 Å². The first-order valence-corrected chi connectivity index (χ1v) is 6.27. The van der Waals surface area contributed by atoms with Gasteiger partial charge in [-0.3, -0.25) is 4.42 Å². The van der Waals surface area contributed by atoms with Crippen LogP contribution in [0.5, 0.6) is 0 Å². The molecule has 1 N–H and O–H groups in total. The highest BCUT2D eigenvalue weighted by molar-refractivity contribution is 6.28. The number of nitrogens with zero attached hydrogens (tertiary/aromatic N) is 1. The molecule has 4 heteroatoms. The van der Waals surface area contributed by atoms with Crippen molar-refractivity contribution in [2.75, 3.05) is 4.42 Å². The Morgan fingerprint density at radius 2 is 1.68 bits per heavy atom. The second-order valence-electron chi connectivity index (χ2n) is 4.21. The maximum Gasteiger partial charge on any atom is 0.327 e. The summed E-state index contributed by atoms with van der Waals surface area (Å²) in [5, 5.41) is 9.05. The normalized spacial score (nSPS) is 11.9. The third-order valence-corrected chi connectivity index (χ3v) is 3.39. The standard InChI is InChI=1S/C15H14ClNO2/c1-11(15(18)19)17(16)14-10-6-5-9-13(14)12-7-3-2-4-8-12/h2-11H,1H3,(H,18,19)/t11-/m0/s1. The first-order chi connectivity index (χ1) is 9.11. The van der Waals surface area contributed by atoms with Gasteiger partial charge in [-0.25, -0.2) is 4.79 Å². The van der Waals surface area contributed by atoms with E-state index >= 15 is 0 Å². The highest BCUT2D eigenvalue weighted by Gasteiger charge is 2.21. The van der Waals surface area contributed by atoms with Gasteiger partial charge in [-0.1, -0.05) is 48.5 Å². The lowest BCUT2D eigenvalue weighted by molar-refractivity contribution is -0.137. The Balaban J connectivity index is 2.45. The topological polar surface area (TPSA) is 40.5 Å². The predicted octanol–water partition coefficient (Wildman–Crippen LogP) is 3.79. The van der Waals surface area contributed by atoms with Crippen LogP contribution in [0, 0.1) is 0 Å². The molecule has 0 amide bonds. The molecule has 2 rings (SSSR count). The molecule has 0 bridgehead atoms. The van der Waals surface area contributed by atoms with Crippen LogP contribution >= 0.6 is 11.8 Å². The fourth-order valence-corrected chi connectivity index (χ4v) is 2.06. The van der Waals surface area contributed by atoms with Crippen molar-refractivity contribution in [1.82, 2.24) is 0 Å². The van der Waals surface area contributed by atoms with Gasteiger partial charge in [0.1, 0.15) is 6.04 Å². The average molecular weight is 276 g/mol. The Morgan fingerprint density at radius 1 is 1.11 bits per heavy atom. The van der Waals surface area contributed by atoms with Gasteiger partial charge in [0, 0.05) is 17.3 Å². The van der Waals surface area contributed by atoms with E-state index in [-0.39, 0.29) is 0 Å². The molecule has 0 saturated carbocycles. The molecule has 3 nitrogen and oxygen atoms in total. The molecule has 0 radical (unpaired) electrons. The van der Waals surface area contributed by atoms with Crippen molar-refractivity contribution in [2.45, 2.75) is 13.0 Å². The van der Waals surface area contributed by atoms with Gasteiger partial charge >= 0.3 is 5.97 Å². The van der Waals surface area contributed by atoms with Gasteiger partial charge in [-0.2, -0.15) is 0 Å². The number of hydrogen-bond donors (Lipinski definition) is 1. The van der Waals surface area contributed by atoms with Gasteiger partial charge in [0.05, 0.1) is 5.69 Å². The number of carboxylic acid groups (broad SMARTS) is 1. The number of benzene rings is 2. The molecule has 1 atom stereocenters. The van der Waals surface area contributed by atoms with E-state index in [0.717, 1.165) is 11.1 Å². The number of rotatable bonds is 4. The number of anilines is 1. The van der Waals surface area contributed by atoms with Crippen LogP contribution in [0.2, 0.25) is 0 Å². The van der Waals surface area contributed by atoms with E-state index in [2.05, 4.69) is 0 Å². The van der Waals surface area contributed by atoms with Gasteiger partial charge < -0.3 is 5.11 Å². The average Bonchev–Trinajstić information content (AvgIpc) is 2.46. The van der Waals surface area contributed by atoms with Crippen LogP contribution in [-0.2, 0) is 4.79 Å². The number of carboxylic acids is 1. The van der Waals surface area contributed by atoms with Crippen LogP contribution in [-0.4, -0.2) is 17.1 Å². The zero-order chi connectivity index (χ0) is 13.8. The molecule has 0 unspecified atom stereocenters. The Kier molecular flexibility index (Phi) is 4.07. The molecule has 2 aromatic carbocycles. The van der Waals surface area contributed by atoms with Crippen molar-refractivity contribution >= 4 is 23.4 Å². The molecule has 0 aromatic heterocycles. The van der Waals surface area contributed by atoms with Gasteiger partial charge in [-0.05, 0) is 18.6 Å². The molecule has 0 aliphatic rings. The van der Waals surface area contributed by atoms with Gasteiger partial charge in [0.15, 0.2) is 0 Å². The van der Waals surface area contributed by atoms with Crippen LogP contribution in [0.25, 0.3) is 11.1 Å². The number of para-hydroxylation sites is 1. The first-order valence-electron chi connectivity index (χ1n) is 5.93. The molecule has 0 saturated heterocycles. The molecular formula is C15H14ClNO2. The highest BCUT2D eigenvalue weighted by atomic mass is 35.5. The maximum atomic E-state index is 11.0. The number of carbonyl (C=O) groups is 1. The van der Waals surface area contributed by atoms with Gasteiger partial charge in [0.2, 0.25) is 0 Å². The Hall–Kier alpha value is -2.00. The first kappa shape index (κ1) is 13.4. The van der Waals surface area contributed by atoms with E-state index in [1.165, 1.54) is 4.42 Å². The van der Waals surface area contributed by atoms with E-state index in [1.807, 2.05) is 54.6 Å². The number of halogens is 1. The highest BCUT2D eigenvalue weighted by Crippen LogP contribution is 2.32. The molecule has 0 heterocycles. The van der Waals surface area contributed by atoms with Crippen molar-refractivity contribution in [3.8, 4) is 11.1 Å². The number of hydrogen-bond acceptors (Lipinski definition) is 2. The van der Waals surface area contributed by atoms with E-state index < -0.39 is 12.0 Å². The molecule has 0 aliphatic carbocycles. The van der Waals surface area contributed by atoms with E-state index in [9.17, 15) is 4.79 Å². The minimum atomic E-state index is -0.960. The van der Waals surface area contributed by atoms with E-state index in [1.54, 1.807) is 6.92 Å².